The molecule has 7 nitrogen and oxygen atoms in total. The molecule has 0 atom stereocenters. The molecule has 1 amide bonds. The Morgan fingerprint density at radius 1 is 1.45 bits per heavy atom. The lowest BCUT2D eigenvalue weighted by atomic mass is 10.2. The molecule has 0 radical (unpaired) electrons. The largest absolute Gasteiger partial charge is 0.490 e. The van der Waals surface area contributed by atoms with E-state index in [-0.39, 0.29) is 5.91 Å². The van der Waals surface area contributed by atoms with Crippen LogP contribution in [0.4, 0.5) is 0 Å². The third-order valence-corrected chi connectivity index (χ3v) is 3.33. The highest BCUT2D eigenvalue weighted by Crippen LogP contribution is 2.28. The number of benzene rings is 1. The van der Waals surface area contributed by atoms with Gasteiger partial charge in [0.15, 0.2) is 16.7 Å². The molecule has 2 rings (SSSR count). The average Bonchev–Trinajstić information content (AvgIpc) is 2.87. The number of amidine groups is 1. The summed E-state index contributed by atoms with van der Waals surface area (Å²) in [5, 5.41) is 10.9. The molecular weight excluding hydrogens is 306 g/mol. The number of nitrogens with zero attached hydrogens (tertiary/aromatic N) is 2. The van der Waals surface area contributed by atoms with Crippen LogP contribution in [0.3, 0.4) is 0 Å². The van der Waals surface area contributed by atoms with Crippen molar-refractivity contribution in [2.75, 3.05) is 12.4 Å². The van der Waals surface area contributed by atoms with Crippen molar-refractivity contribution in [1.82, 2.24) is 5.32 Å². The van der Waals surface area contributed by atoms with Gasteiger partial charge in [-0.2, -0.15) is 5.10 Å². The van der Waals surface area contributed by atoms with E-state index in [1.807, 2.05) is 6.92 Å². The van der Waals surface area contributed by atoms with Gasteiger partial charge in [0.2, 0.25) is 5.91 Å². The average molecular weight is 321 g/mol. The van der Waals surface area contributed by atoms with Crippen molar-refractivity contribution >= 4 is 35.0 Å². The lowest BCUT2D eigenvalue weighted by molar-refractivity contribution is -0.132. The standard InChI is InChI=1S/C14H15N3O4S/c1-3-20-12-6-10(4-5-11(12)21-9(2)18)7-15-17-14-16-13(19)8-22-14/h4-7H,3,8H2,1-2H3,(H,16,17,19). The van der Waals surface area contributed by atoms with Crippen LogP contribution < -0.4 is 14.8 Å². The predicted molar refractivity (Wildman–Crippen MR) is 84.5 cm³/mol. The number of amides is 1. The maximum Gasteiger partial charge on any atom is 0.308 e. The minimum atomic E-state index is -0.414. The van der Waals surface area contributed by atoms with E-state index >= 15 is 0 Å². The van der Waals surface area contributed by atoms with E-state index in [1.165, 1.54) is 24.9 Å². The van der Waals surface area contributed by atoms with Crippen LogP contribution in [0.1, 0.15) is 19.4 Å². The summed E-state index contributed by atoms with van der Waals surface area (Å²) < 4.78 is 10.5. The summed E-state index contributed by atoms with van der Waals surface area (Å²) in [6.45, 7) is 3.61. The topological polar surface area (TPSA) is 89.3 Å². The number of ether oxygens (including phenoxy) is 2. The van der Waals surface area contributed by atoms with Gasteiger partial charge in [-0.15, -0.1) is 5.10 Å². The number of esters is 1. The van der Waals surface area contributed by atoms with Crippen molar-refractivity contribution in [3.63, 3.8) is 0 Å². The van der Waals surface area contributed by atoms with Crippen LogP contribution in [0.25, 0.3) is 0 Å². The molecule has 1 aromatic rings. The highest BCUT2D eigenvalue weighted by Gasteiger charge is 2.16. The van der Waals surface area contributed by atoms with Gasteiger partial charge >= 0.3 is 5.97 Å². The van der Waals surface area contributed by atoms with Crippen LogP contribution in [-0.4, -0.2) is 35.6 Å². The molecule has 1 aromatic carbocycles. The van der Waals surface area contributed by atoms with Crippen molar-refractivity contribution in [3.8, 4) is 11.5 Å². The molecule has 1 N–H and O–H groups in total. The number of hydrogen-bond donors (Lipinski definition) is 1. The van der Waals surface area contributed by atoms with Crippen LogP contribution in [0.5, 0.6) is 11.5 Å². The monoisotopic (exact) mass is 321 g/mol. The van der Waals surface area contributed by atoms with Gasteiger partial charge in [-0.3, -0.25) is 9.59 Å². The van der Waals surface area contributed by atoms with E-state index in [0.29, 0.717) is 29.0 Å². The first-order valence-corrected chi connectivity index (χ1v) is 7.56. The summed E-state index contributed by atoms with van der Waals surface area (Å²) in [6.07, 6.45) is 1.53. The molecule has 0 saturated carbocycles. The summed E-state index contributed by atoms with van der Waals surface area (Å²) in [6, 6.07) is 5.06. The van der Waals surface area contributed by atoms with Crippen molar-refractivity contribution in [2.45, 2.75) is 13.8 Å². The summed E-state index contributed by atoms with van der Waals surface area (Å²) in [5.74, 6) is 0.681. The molecule has 0 aromatic heterocycles. The first-order valence-electron chi connectivity index (χ1n) is 6.57. The Bertz CT molecular complexity index is 643. The Balaban J connectivity index is 2.12. The first-order chi connectivity index (χ1) is 10.6. The fourth-order valence-electron chi connectivity index (χ4n) is 1.64. The summed E-state index contributed by atoms with van der Waals surface area (Å²) in [4.78, 5) is 22.0. The molecule has 0 aliphatic carbocycles. The Kier molecular flexibility index (Phi) is 5.54. The molecule has 0 spiro atoms. The molecule has 1 heterocycles. The SMILES string of the molecule is CCOc1cc(C=NN=C2NC(=O)CS2)ccc1OC(C)=O. The smallest absolute Gasteiger partial charge is 0.308 e. The van der Waals surface area contributed by atoms with Gasteiger partial charge in [0.1, 0.15) is 0 Å². The van der Waals surface area contributed by atoms with Crippen molar-refractivity contribution in [1.29, 1.82) is 0 Å². The minimum absolute atomic E-state index is 0.0803. The third-order valence-electron chi connectivity index (χ3n) is 2.46. The molecule has 22 heavy (non-hydrogen) atoms. The number of carbonyl (C=O) groups is 2. The quantitative estimate of drug-likeness (QED) is 0.385. The second-order valence-electron chi connectivity index (χ2n) is 4.22. The zero-order valence-electron chi connectivity index (χ0n) is 12.2. The van der Waals surface area contributed by atoms with E-state index in [4.69, 9.17) is 9.47 Å². The zero-order valence-corrected chi connectivity index (χ0v) is 13.0. The van der Waals surface area contributed by atoms with E-state index in [1.54, 1.807) is 18.2 Å². The summed E-state index contributed by atoms with van der Waals surface area (Å²) >= 11 is 1.30. The van der Waals surface area contributed by atoms with Crippen LogP contribution >= 0.6 is 11.8 Å². The van der Waals surface area contributed by atoms with Gasteiger partial charge in [0, 0.05) is 6.92 Å². The van der Waals surface area contributed by atoms with Crippen molar-refractivity contribution < 1.29 is 19.1 Å². The molecular formula is C14H15N3O4S. The number of carbonyl (C=O) groups excluding carboxylic acids is 2. The van der Waals surface area contributed by atoms with Crippen LogP contribution in [0.2, 0.25) is 0 Å². The van der Waals surface area contributed by atoms with Gasteiger partial charge in [-0.1, -0.05) is 11.8 Å². The van der Waals surface area contributed by atoms with Crippen molar-refractivity contribution in [2.24, 2.45) is 10.2 Å². The number of rotatable bonds is 5. The third kappa shape index (κ3) is 4.59. The fraction of sp³-hybridized carbons (Fsp3) is 0.286. The van der Waals surface area contributed by atoms with Crippen LogP contribution in [-0.2, 0) is 9.59 Å². The van der Waals surface area contributed by atoms with E-state index in [0.717, 1.165) is 5.56 Å². The molecule has 1 aliphatic heterocycles. The number of nitrogens with one attached hydrogen (secondary N) is 1. The molecule has 1 saturated heterocycles. The zero-order chi connectivity index (χ0) is 15.9. The normalized spacial score (nSPS) is 16.1. The van der Waals surface area contributed by atoms with Crippen LogP contribution in [0, 0.1) is 0 Å². The second kappa shape index (κ2) is 7.60. The molecule has 116 valence electrons. The second-order valence-corrected chi connectivity index (χ2v) is 5.18. The van der Waals surface area contributed by atoms with Crippen LogP contribution in [0.15, 0.2) is 28.4 Å². The summed E-state index contributed by atoms with van der Waals surface area (Å²) in [5.41, 5.74) is 0.734. The number of hydrogen-bond acceptors (Lipinski definition) is 7. The Hall–Kier alpha value is -2.35. The van der Waals surface area contributed by atoms with Crippen molar-refractivity contribution in [3.05, 3.63) is 23.8 Å². The highest BCUT2D eigenvalue weighted by atomic mass is 32.2. The molecule has 8 heteroatoms. The van der Waals surface area contributed by atoms with Gasteiger partial charge in [0.05, 0.1) is 18.6 Å². The first kappa shape index (κ1) is 16.0. The van der Waals surface area contributed by atoms with Gasteiger partial charge in [-0.25, -0.2) is 0 Å². The molecule has 0 unspecified atom stereocenters. The van der Waals surface area contributed by atoms with E-state index in [9.17, 15) is 9.59 Å². The predicted octanol–water partition coefficient (Wildman–Crippen LogP) is 1.56. The number of thioether (sulfide) groups is 1. The van der Waals surface area contributed by atoms with Gasteiger partial charge < -0.3 is 14.8 Å². The minimum Gasteiger partial charge on any atom is -0.490 e. The van der Waals surface area contributed by atoms with E-state index < -0.39 is 5.97 Å². The highest BCUT2D eigenvalue weighted by molar-refractivity contribution is 8.15. The van der Waals surface area contributed by atoms with Gasteiger partial charge in [0.25, 0.3) is 0 Å². The fourth-order valence-corrected chi connectivity index (χ4v) is 2.27. The maximum absolute atomic E-state index is 11.0. The lowest BCUT2D eigenvalue weighted by Crippen LogP contribution is -2.19. The molecule has 0 bridgehead atoms. The Morgan fingerprint density at radius 2 is 2.27 bits per heavy atom. The Labute approximate surface area is 131 Å². The lowest BCUT2D eigenvalue weighted by Gasteiger charge is -2.09. The van der Waals surface area contributed by atoms with Gasteiger partial charge in [-0.05, 0) is 30.7 Å². The maximum atomic E-state index is 11.0. The van der Waals surface area contributed by atoms with E-state index in [2.05, 4.69) is 15.5 Å². The Morgan fingerprint density at radius 3 is 2.91 bits per heavy atom. The summed E-state index contributed by atoms with van der Waals surface area (Å²) in [7, 11) is 0. The molecule has 1 aliphatic rings. The molecule has 1 fully saturated rings.